The summed E-state index contributed by atoms with van der Waals surface area (Å²) in [6, 6.07) is 8.56. The van der Waals surface area contributed by atoms with E-state index in [0.29, 0.717) is 18.5 Å². The molecule has 1 aromatic carbocycles. The van der Waals surface area contributed by atoms with Crippen LogP contribution in [0.2, 0.25) is 0 Å². The van der Waals surface area contributed by atoms with E-state index in [0.717, 1.165) is 17.4 Å². The number of furan rings is 1. The minimum absolute atomic E-state index is 0.0969. The summed E-state index contributed by atoms with van der Waals surface area (Å²) in [6.07, 6.45) is 4.85. The van der Waals surface area contributed by atoms with Crippen molar-refractivity contribution in [1.29, 1.82) is 5.26 Å². The zero-order valence-electron chi connectivity index (χ0n) is 19.7. The third-order valence-electron chi connectivity index (χ3n) is 5.74. The van der Waals surface area contributed by atoms with E-state index in [4.69, 9.17) is 4.42 Å². The average Bonchev–Trinajstić information content (AvgIpc) is 3.41. The lowest BCUT2D eigenvalue weighted by Crippen LogP contribution is -2.53. The van der Waals surface area contributed by atoms with Gasteiger partial charge in [0.25, 0.3) is 5.91 Å². The summed E-state index contributed by atoms with van der Waals surface area (Å²) in [5.74, 6) is -1.29. The summed E-state index contributed by atoms with van der Waals surface area (Å²) in [5.41, 5.74) is 1.21. The lowest BCUT2D eigenvalue weighted by molar-refractivity contribution is -0.127. The van der Waals surface area contributed by atoms with Gasteiger partial charge in [-0.05, 0) is 36.3 Å². The fraction of sp³-hybridized carbons (Fsp3) is 0.458. The van der Waals surface area contributed by atoms with Crippen LogP contribution in [-0.4, -0.2) is 59.1 Å². The maximum absolute atomic E-state index is 12.9. The van der Waals surface area contributed by atoms with Crippen LogP contribution in [0.15, 0.2) is 46.6 Å². The van der Waals surface area contributed by atoms with Gasteiger partial charge in [-0.2, -0.15) is 5.26 Å². The molecule has 1 aromatic heterocycles. The molecule has 2 atom stereocenters. The number of para-hydroxylation sites is 1. The van der Waals surface area contributed by atoms with Crippen molar-refractivity contribution in [3.8, 4) is 6.07 Å². The molecule has 0 unspecified atom stereocenters. The monoisotopic (exact) mass is 466 g/mol. The van der Waals surface area contributed by atoms with Crippen LogP contribution in [-0.2, 0) is 11.2 Å². The summed E-state index contributed by atoms with van der Waals surface area (Å²) < 4.78 is 5.49. The van der Waals surface area contributed by atoms with Gasteiger partial charge in [0.15, 0.2) is 0 Å². The second-order valence-electron chi connectivity index (χ2n) is 9.67. The Morgan fingerprint density at radius 3 is 2.76 bits per heavy atom. The predicted molar refractivity (Wildman–Crippen MR) is 128 cm³/mol. The van der Waals surface area contributed by atoms with Gasteiger partial charge in [-0.15, -0.1) is 0 Å². The van der Waals surface area contributed by atoms with Gasteiger partial charge in [0.2, 0.25) is 0 Å². The summed E-state index contributed by atoms with van der Waals surface area (Å²) in [7, 11) is -1.77. The quantitative estimate of drug-likeness (QED) is 0.280. The Hall–Kier alpha value is -3.29. The van der Waals surface area contributed by atoms with E-state index in [1.807, 2.05) is 51.1 Å². The van der Waals surface area contributed by atoms with E-state index >= 15 is 0 Å². The number of hydrogen-bond donors (Lipinski definition) is 4. The zero-order valence-corrected chi connectivity index (χ0v) is 19.7. The van der Waals surface area contributed by atoms with Gasteiger partial charge in [-0.3, -0.25) is 4.79 Å². The molecular weight excluding hydrogens is 435 g/mol. The molecule has 10 heteroatoms. The molecule has 0 aliphatic carbocycles. The highest BCUT2D eigenvalue weighted by atomic mass is 16.4. The second kappa shape index (κ2) is 10.8. The maximum Gasteiger partial charge on any atom is 0.475 e. The van der Waals surface area contributed by atoms with Crippen LogP contribution in [0.5, 0.6) is 0 Å². The van der Waals surface area contributed by atoms with Crippen molar-refractivity contribution in [2.24, 2.45) is 5.41 Å². The number of allylic oxidation sites excluding steroid dienone is 1. The first-order valence-corrected chi connectivity index (χ1v) is 11.4. The van der Waals surface area contributed by atoms with Gasteiger partial charge < -0.3 is 30.0 Å². The van der Waals surface area contributed by atoms with Crippen molar-refractivity contribution in [1.82, 2.24) is 15.5 Å². The van der Waals surface area contributed by atoms with E-state index in [2.05, 4.69) is 10.6 Å². The Labute approximate surface area is 199 Å². The summed E-state index contributed by atoms with van der Waals surface area (Å²) in [6.45, 7) is 6.46. The number of urea groups is 1. The van der Waals surface area contributed by atoms with Crippen LogP contribution in [0.3, 0.4) is 0 Å². The summed E-state index contributed by atoms with van der Waals surface area (Å²) >= 11 is 0. The van der Waals surface area contributed by atoms with Gasteiger partial charge in [-0.1, -0.05) is 45.0 Å². The topological polar surface area (TPSA) is 139 Å². The van der Waals surface area contributed by atoms with Crippen LogP contribution in [0.25, 0.3) is 11.0 Å². The molecule has 4 N–H and O–H groups in total. The molecule has 0 saturated carbocycles. The van der Waals surface area contributed by atoms with Crippen LogP contribution in [0.1, 0.15) is 39.2 Å². The molecule has 1 aliphatic heterocycles. The number of nitriles is 1. The smallest absolute Gasteiger partial charge is 0.464 e. The molecule has 3 rings (SSSR count). The highest BCUT2D eigenvalue weighted by Crippen LogP contribution is 2.24. The van der Waals surface area contributed by atoms with Gasteiger partial charge in [-0.25, -0.2) is 4.79 Å². The number of carbonyl (C=O) groups excluding carboxylic acids is 2. The van der Waals surface area contributed by atoms with E-state index < -0.39 is 19.1 Å². The molecule has 0 radical (unpaired) electrons. The fourth-order valence-electron chi connectivity index (χ4n) is 4.13. The van der Waals surface area contributed by atoms with Gasteiger partial charge in [0, 0.05) is 24.5 Å². The van der Waals surface area contributed by atoms with E-state index in [1.54, 1.807) is 17.2 Å². The van der Waals surface area contributed by atoms with Crippen molar-refractivity contribution >= 4 is 30.0 Å². The maximum atomic E-state index is 12.9. The molecule has 2 aromatic rings. The molecule has 0 spiro atoms. The number of hydrogen-bond acceptors (Lipinski definition) is 6. The highest BCUT2D eigenvalue weighted by Gasteiger charge is 2.32. The lowest BCUT2D eigenvalue weighted by Gasteiger charge is -2.26. The molecule has 2 heterocycles. The Kier molecular flexibility index (Phi) is 8.02. The van der Waals surface area contributed by atoms with Gasteiger partial charge >= 0.3 is 13.1 Å². The largest absolute Gasteiger partial charge is 0.475 e. The van der Waals surface area contributed by atoms with Gasteiger partial charge in [0.1, 0.15) is 17.2 Å². The molecule has 3 amide bonds. The van der Waals surface area contributed by atoms with Crippen LogP contribution in [0.4, 0.5) is 4.79 Å². The van der Waals surface area contributed by atoms with E-state index in [9.17, 15) is 24.9 Å². The third kappa shape index (κ3) is 6.40. The Bertz CT molecular complexity index is 1100. The number of benzene rings is 1. The Morgan fingerprint density at radius 2 is 2.09 bits per heavy atom. The minimum Gasteiger partial charge on any atom is -0.464 e. The van der Waals surface area contributed by atoms with Crippen molar-refractivity contribution in [3.63, 3.8) is 0 Å². The molecule has 1 aliphatic rings. The van der Waals surface area contributed by atoms with Crippen molar-refractivity contribution in [2.75, 3.05) is 13.1 Å². The minimum atomic E-state index is -1.77. The molecule has 34 heavy (non-hydrogen) atoms. The number of amides is 3. The van der Waals surface area contributed by atoms with Crippen molar-refractivity contribution in [2.45, 2.75) is 52.0 Å². The molecule has 1 saturated heterocycles. The first-order chi connectivity index (χ1) is 16.1. The Balaban J connectivity index is 1.59. The Morgan fingerprint density at radius 1 is 1.35 bits per heavy atom. The number of nitrogens with one attached hydrogen (secondary N) is 2. The van der Waals surface area contributed by atoms with Gasteiger partial charge in [0.05, 0.1) is 12.2 Å². The SMILES string of the molecule is CC(C)(C)/C=C(\C#N)C(=O)N1CCC[C@@H]1CNC(=O)N[C@@H](Cc1coc2ccccc12)B(O)O. The zero-order chi connectivity index (χ0) is 24.9. The molecular formula is C24H31BN4O5. The number of likely N-dealkylation sites (tertiary alicyclic amines) is 1. The second-order valence-corrected chi connectivity index (χ2v) is 9.67. The average molecular weight is 466 g/mol. The number of rotatable bonds is 7. The molecule has 0 bridgehead atoms. The van der Waals surface area contributed by atoms with Crippen LogP contribution >= 0.6 is 0 Å². The highest BCUT2D eigenvalue weighted by molar-refractivity contribution is 6.43. The predicted octanol–water partition coefficient (Wildman–Crippen LogP) is 2.14. The number of nitrogens with zero attached hydrogens (tertiary/aromatic N) is 2. The lowest BCUT2D eigenvalue weighted by atomic mass is 9.76. The molecule has 9 nitrogen and oxygen atoms in total. The normalized spacial score (nSPS) is 17.4. The molecule has 180 valence electrons. The fourth-order valence-corrected chi connectivity index (χ4v) is 4.13. The first-order valence-electron chi connectivity index (χ1n) is 11.4. The van der Waals surface area contributed by atoms with E-state index in [-0.39, 0.29) is 35.9 Å². The third-order valence-corrected chi connectivity index (χ3v) is 5.74. The summed E-state index contributed by atoms with van der Waals surface area (Å²) in [5, 5.41) is 35.2. The van der Waals surface area contributed by atoms with Crippen LogP contribution in [0, 0.1) is 16.7 Å². The number of carbonyl (C=O) groups is 2. The van der Waals surface area contributed by atoms with Crippen LogP contribution < -0.4 is 10.6 Å². The standard InChI is InChI=1S/C24H31BN4O5/c1-24(2,3)12-17(13-26)22(30)29-10-6-7-18(29)14-27-23(31)28-21(25(32)33)11-16-15-34-20-9-5-4-8-19(16)20/h4-5,8-9,12,15,18,21,32-33H,6-7,10-11,14H2,1-3H3,(H2,27,28,31)/b17-12+/t18-,21+/m1/s1. The summed E-state index contributed by atoms with van der Waals surface area (Å²) in [4.78, 5) is 27.0. The molecule has 1 fully saturated rings. The number of fused-ring (bicyclic) bond motifs is 1. The first kappa shape index (κ1) is 25.3. The van der Waals surface area contributed by atoms with Crippen molar-refractivity contribution in [3.05, 3.63) is 47.7 Å². The van der Waals surface area contributed by atoms with E-state index in [1.165, 1.54) is 0 Å². The van der Waals surface area contributed by atoms with Crippen molar-refractivity contribution < 1.29 is 24.1 Å².